The van der Waals surface area contributed by atoms with Gasteiger partial charge in [0, 0.05) is 16.5 Å². The minimum Gasteiger partial charge on any atom is -0.481 e. The second-order valence-corrected chi connectivity index (χ2v) is 6.04. The predicted octanol–water partition coefficient (Wildman–Crippen LogP) is 4.43. The zero-order valence-electron chi connectivity index (χ0n) is 10.2. The zero-order valence-corrected chi connectivity index (χ0v) is 11.8. The van der Waals surface area contributed by atoms with Crippen LogP contribution in [0.15, 0.2) is 28.7 Å². The first kappa shape index (κ1) is 15.1. The second-order valence-electron chi connectivity index (χ2n) is 5.12. The van der Waals surface area contributed by atoms with Crippen molar-refractivity contribution in [1.29, 1.82) is 0 Å². The average molecular weight is 321 g/mol. The summed E-state index contributed by atoms with van der Waals surface area (Å²) in [5.41, 5.74) is -1.05. The molecule has 0 saturated heterocycles. The van der Waals surface area contributed by atoms with Crippen LogP contribution in [0.1, 0.15) is 32.3 Å². The number of hydrogen-bond acceptors (Lipinski definition) is 1. The van der Waals surface area contributed by atoms with E-state index >= 15 is 0 Å². The molecular formula is C13H15BrF2O2. The van der Waals surface area contributed by atoms with E-state index in [-0.39, 0.29) is 12.0 Å². The van der Waals surface area contributed by atoms with E-state index in [1.165, 1.54) is 26.0 Å². The van der Waals surface area contributed by atoms with E-state index in [4.69, 9.17) is 5.11 Å². The van der Waals surface area contributed by atoms with Crippen molar-refractivity contribution in [2.24, 2.45) is 5.41 Å². The van der Waals surface area contributed by atoms with Crippen LogP contribution < -0.4 is 0 Å². The molecule has 0 atom stereocenters. The fourth-order valence-electron chi connectivity index (χ4n) is 1.87. The minimum atomic E-state index is -3.03. The SMILES string of the molecule is CC(C)(CC(=O)O)CC(F)(F)c1ccc(Br)cc1. The maximum atomic E-state index is 14.0. The van der Waals surface area contributed by atoms with Crippen LogP contribution in [0, 0.1) is 5.41 Å². The highest BCUT2D eigenvalue weighted by Gasteiger charge is 2.39. The first-order chi connectivity index (χ1) is 8.12. The molecule has 0 spiro atoms. The highest BCUT2D eigenvalue weighted by Crippen LogP contribution is 2.41. The number of carboxylic acids is 1. The van der Waals surface area contributed by atoms with E-state index in [1.807, 2.05) is 0 Å². The van der Waals surface area contributed by atoms with Crippen molar-refractivity contribution >= 4 is 21.9 Å². The Balaban J connectivity index is 2.87. The van der Waals surface area contributed by atoms with Crippen molar-refractivity contribution in [3.8, 4) is 0 Å². The summed E-state index contributed by atoms with van der Waals surface area (Å²) in [6.45, 7) is 3.07. The molecule has 1 aromatic rings. The molecule has 100 valence electrons. The third kappa shape index (κ3) is 4.37. The minimum absolute atomic E-state index is 0.0934. The Hall–Kier alpha value is -0.970. The quantitative estimate of drug-likeness (QED) is 0.871. The lowest BCUT2D eigenvalue weighted by Crippen LogP contribution is -2.26. The standard InChI is InChI=1S/C13H15BrF2O2/c1-12(2,7-11(17)18)8-13(15,16)9-3-5-10(14)6-4-9/h3-6H,7-8H2,1-2H3,(H,17,18). The lowest BCUT2D eigenvalue weighted by Gasteiger charge is -2.28. The average Bonchev–Trinajstić information content (AvgIpc) is 2.13. The molecule has 5 heteroatoms. The van der Waals surface area contributed by atoms with E-state index in [2.05, 4.69) is 15.9 Å². The van der Waals surface area contributed by atoms with Gasteiger partial charge >= 0.3 is 5.97 Å². The van der Waals surface area contributed by atoms with Gasteiger partial charge < -0.3 is 5.11 Å². The zero-order chi connectivity index (χ0) is 14.0. The number of carboxylic acid groups (broad SMARTS) is 1. The Kier molecular flexibility index (Phi) is 4.48. The highest BCUT2D eigenvalue weighted by molar-refractivity contribution is 9.10. The van der Waals surface area contributed by atoms with Crippen molar-refractivity contribution in [2.45, 2.75) is 32.6 Å². The molecule has 0 heterocycles. The molecule has 0 aliphatic rings. The van der Waals surface area contributed by atoms with Crippen LogP contribution in [0.4, 0.5) is 8.78 Å². The van der Waals surface area contributed by atoms with E-state index in [1.54, 1.807) is 12.1 Å². The lowest BCUT2D eigenvalue weighted by molar-refractivity contribution is -0.140. The van der Waals surface area contributed by atoms with Gasteiger partial charge in [-0.05, 0) is 17.5 Å². The maximum Gasteiger partial charge on any atom is 0.303 e. The Morgan fingerprint density at radius 2 is 1.78 bits per heavy atom. The maximum absolute atomic E-state index is 14.0. The normalized spacial score (nSPS) is 12.5. The van der Waals surface area contributed by atoms with Gasteiger partial charge in [-0.15, -0.1) is 0 Å². The summed E-state index contributed by atoms with van der Waals surface area (Å²) < 4.78 is 28.8. The topological polar surface area (TPSA) is 37.3 Å². The lowest BCUT2D eigenvalue weighted by atomic mass is 9.81. The molecule has 0 amide bonds. The molecule has 2 nitrogen and oxygen atoms in total. The number of benzene rings is 1. The van der Waals surface area contributed by atoms with Crippen molar-refractivity contribution in [3.05, 3.63) is 34.3 Å². The Bertz CT molecular complexity index is 427. The number of aliphatic carboxylic acids is 1. The van der Waals surface area contributed by atoms with Crippen LogP contribution >= 0.6 is 15.9 Å². The highest BCUT2D eigenvalue weighted by atomic mass is 79.9. The van der Waals surface area contributed by atoms with Crippen molar-refractivity contribution in [3.63, 3.8) is 0 Å². The number of rotatable bonds is 5. The molecule has 0 bridgehead atoms. The molecule has 0 saturated carbocycles. The molecule has 0 radical (unpaired) electrons. The van der Waals surface area contributed by atoms with Gasteiger partial charge in [-0.1, -0.05) is 41.9 Å². The summed E-state index contributed by atoms with van der Waals surface area (Å²) >= 11 is 3.18. The van der Waals surface area contributed by atoms with Gasteiger partial charge in [0.05, 0.1) is 6.42 Å². The Labute approximate surface area is 113 Å². The Morgan fingerprint density at radius 3 is 2.22 bits per heavy atom. The number of hydrogen-bond donors (Lipinski definition) is 1. The molecule has 18 heavy (non-hydrogen) atoms. The summed E-state index contributed by atoms with van der Waals surface area (Å²) in [5.74, 6) is -4.09. The molecule has 1 aromatic carbocycles. The van der Waals surface area contributed by atoms with E-state index in [9.17, 15) is 13.6 Å². The largest absolute Gasteiger partial charge is 0.481 e. The molecule has 0 aliphatic heterocycles. The molecule has 0 fully saturated rings. The van der Waals surface area contributed by atoms with Crippen LogP contribution in [0.2, 0.25) is 0 Å². The van der Waals surface area contributed by atoms with Gasteiger partial charge in [-0.3, -0.25) is 4.79 Å². The molecule has 0 aliphatic carbocycles. The van der Waals surface area contributed by atoms with E-state index in [0.29, 0.717) is 0 Å². The van der Waals surface area contributed by atoms with Gasteiger partial charge in [0.2, 0.25) is 0 Å². The summed E-state index contributed by atoms with van der Waals surface area (Å²) in [5, 5.41) is 8.70. The summed E-state index contributed by atoms with van der Waals surface area (Å²) in [6, 6.07) is 5.79. The van der Waals surface area contributed by atoms with Crippen LogP contribution in [-0.2, 0) is 10.7 Å². The van der Waals surface area contributed by atoms with Gasteiger partial charge in [-0.2, -0.15) is 0 Å². The first-order valence-electron chi connectivity index (χ1n) is 5.48. The number of carbonyl (C=O) groups is 1. The summed E-state index contributed by atoms with van der Waals surface area (Å²) in [6.07, 6.45) is -0.771. The van der Waals surface area contributed by atoms with Crippen LogP contribution in [0.3, 0.4) is 0 Å². The Morgan fingerprint density at radius 1 is 1.28 bits per heavy atom. The molecule has 1 rings (SSSR count). The van der Waals surface area contributed by atoms with E-state index in [0.717, 1.165) is 4.47 Å². The summed E-state index contributed by atoms with van der Waals surface area (Å²) in [4.78, 5) is 10.6. The number of alkyl halides is 2. The predicted molar refractivity (Wildman–Crippen MR) is 68.7 cm³/mol. The smallest absolute Gasteiger partial charge is 0.303 e. The van der Waals surface area contributed by atoms with Gasteiger partial charge in [0.1, 0.15) is 0 Å². The van der Waals surface area contributed by atoms with Crippen molar-refractivity contribution < 1.29 is 18.7 Å². The van der Waals surface area contributed by atoms with Crippen molar-refractivity contribution in [1.82, 2.24) is 0 Å². The van der Waals surface area contributed by atoms with E-state index < -0.39 is 23.7 Å². The van der Waals surface area contributed by atoms with Crippen molar-refractivity contribution in [2.75, 3.05) is 0 Å². The molecule has 0 unspecified atom stereocenters. The molecule has 1 N–H and O–H groups in total. The van der Waals surface area contributed by atoms with Crippen LogP contribution in [0.5, 0.6) is 0 Å². The first-order valence-corrected chi connectivity index (χ1v) is 6.27. The third-order valence-corrected chi connectivity index (χ3v) is 3.13. The second kappa shape index (κ2) is 5.34. The molecule has 0 aromatic heterocycles. The van der Waals surface area contributed by atoms with Gasteiger partial charge in [0.25, 0.3) is 5.92 Å². The third-order valence-electron chi connectivity index (χ3n) is 2.60. The fraction of sp³-hybridized carbons (Fsp3) is 0.462. The monoisotopic (exact) mass is 320 g/mol. The number of halogens is 3. The van der Waals surface area contributed by atoms with Crippen LogP contribution in [-0.4, -0.2) is 11.1 Å². The fourth-order valence-corrected chi connectivity index (χ4v) is 2.13. The van der Waals surface area contributed by atoms with Gasteiger partial charge in [0.15, 0.2) is 0 Å². The molecular weight excluding hydrogens is 306 g/mol. The van der Waals surface area contributed by atoms with Gasteiger partial charge in [-0.25, -0.2) is 8.78 Å². The summed E-state index contributed by atoms with van der Waals surface area (Å²) in [7, 11) is 0. The van der Waals surface area contributed by atoms with Crippen LogP contribution in [0.25, 0.3) is 0 Å².